The molecule has 2 heterocycles. The van der Waals surface area contributed by atoms with Crippen molar-refractivity contribution in [3.63, 3.8) is 0 Å². The van der Waals surface area contributed by atoms with Crippen LogP contribution in [-0.2, 0) is 4.79 Å². The summed E-state index contributed by atoms with van der Waals surface area (Å²) >= 11 is 1.34. The van der Waals surface area contributed by atoms with E-state index < -0.39 is 0 Å². The van der Waals surface area contributed by atoms with Crippen LogP contribution in [0.25, 0.3) is 0 Å². The lowest BCUT2D eigenvalue weighted by atomic mass is 9.89. The molecule has 1 atom stereocenters. The molecule has 1 aliphatic heterocycles. The van der Waals surface area contributed by atoms with E-state index in [9.17, 15) is 9.59 Å². The first-order chi connectivity index (χ1) is 11.1. The van der Waals surface area contributed by atoms with Gasteiger partial charge in [-0.2, -0.15) is 4.37 Å². The molecule has 0 N–H and O–H groups in total. The van der Waals surface area contributed by atoms with Gasteiger partial charge in [-0.05, 0) is 57.0 Å². The molecule has 0 radical (unpaired) electrons. The summed E-state index contributed by atoms with van der Waals surface area (Å²) in [6.07, 6.45) is 6.36. The number of carbonyl (C=O) groups excluding carboxylic acids is 2. The van der Waals surface area contributed by atoms with Crippen LogP contribution in [0.5, 0.6) is 0 Å². The molecule has 1 saturated carbocycles. The van der Waals surface area contributed by atoms with Crippen molar-refractivity contribution >= 4 is 23.3 Å². The van der Waals surface area contributed by atoms with Gasteiger partial charge in [-0.25, -0.2) is 0 Å². The van der Waals surface area contributed by atoms with Crippen LogP contribution in [0.1, 0.15) is 61.5 Å². The van der Waals surface area contributed by atoms with Crippen LogP contribution in [-0.4, -0.2) is 51.2 Å². The fourth-order valence-electron chi connectivity index (χ4n) is 3.71. The fourth-order valence-corrected chi connectivity index (χ4v) is 4.39. The zero-order valence-electron chi connectivity index (χ0n) is 14.0. The van der Waals surface area contributed by atoms with E-state index in [1.54, 1.807) is 6.92 Å². The maximum absolute atomic E-state index is 12.7. The summed E-state index contributed by atoms with van der Waals surface area (Å²) in [6.45, 7) is 5.08. The quantitative estimate of drug-likeness (QED) is 0.853. The Morgan fingerprint density at radius 1 is 1.17 bits per heavy atom. The first-order valence-electron chi connectivity index (χ1n) is 8.57. The van der Waals surface area contributed by atoms with Crippen molar-refractivity contribution in [3.8, 4) is 0 Å². The van der Waals surface area contributed by atoms with E-state index in [0.29, 0.717) is 6.04 Å². The van der Waals surface area contributed by atoms with E-state index >= 15 is 0 Å². The Morgan fingerprint density at radius 2 is 1.87 bits per heavy atom. The largest absolute Gasteiger partial charge is 0.338 e. The average Bonchev–Trinajstić information content (AvgIpc) is 2.75. The highest BCUT2D eigenvalue weighted by Gasteiger charge is 2.34. The topological polar surface area (TPSA) is 53.5 Å². The monoisotopic (exact) mass is 335 g/mol. The fraction of sp³-hybridized carbons (Fsp3) is 0.706. The molecule has 126 valence electrons. The molecule has 23 heavy (non-hydrogen) atoms. The Balaban J connectivity index is 1.66. The van der Waals surface area contributed by atoms with Gasteiger partial charge < -0.3 is 9.80 Å². The van der Waals surface area contributed by atoms with Gasteiger partial charge in [0.25, 0.3) is 5.91 Å². The SMILES string of the molecule is CC(=O)N(C1CCC1)C1CCCN(C(=O)c2csnc2C)CC1. The molecule has 0 spiro atoms. The van der Waals surface area contributed by atoms with Crippen molar-refractivity contribution in [1.82, 2.24) is 14.2 Å². The van der Waals surface area contributed by atoms with Crippen molar-refractivity contribution in [3.05, 3.63) is 16.6 Å². The normalized spacial score (nSPS) is 22.3. The molecular formula is C17H25N3O2S. The second kappa shape index (κ2) is 6.99. The average molecular weight is 335 g/mol. The lowest BCUT2D eigenvalue weighted by Crippen LogP contribution is -2.49. The lowest BCUT2D eigenvalue weighted by Gasteiger charge is -2.42. The number of likely N-dealkylation sites (tertiary alicyclic amines) is 1. The number of aryl methyl sites for hydroxylation is 1. The molecule has 1 aromatic rings. The van der Waals surface area contributed by atoms with E-state index in [4.69, 9.17) is 0 Å². The van der Waals surface area contributed by atoms with Gasteiger partial charge in [-0.15, -0.1) is 0 Å². The highest BCUT2D eigenvalue weighted by molar-refractivity contribution is 7.03. The number of carbonyl (C=O) groups is 2. The van der Waals surface area contributed by atoms with Gasteiger partial charge in [-0.3, -0.25) is 9.59 Å². The first kappa shape index (κ1) is 16.4. The van der Waals surface area contributed by atoms with Gasteiger partial charge in [0.2, 0.25) is 5.91 Å². The Hall–Kier alpha value is -1.43. The first-order valence-corrected chi connectivity index (χ1v) is 9.40. The van der Waals surface area contributed by atoms with Gasteiger partial charge in [-0.1, -0.05) is 0 Å². The van der Waals surface area contributed by atoms with Crippen LogP contribution in [0.4, 0.5) is 0 Å². The minimum Gasteiger partial charge on any atom is -0.338 e. The van der Waals surface area contributed by atoms with E-state index in [1.807, 2.05) is 17.2 Å². The third-order valence-corrected chi connectivity index (χ3v) is 5.91. The number of hydrogen-bond acceptors (Lipinski definition) is 4. The molecule has 2 aliphatic rings. The highest BCUT2D eigenvalue weighted by Crippen LogP contribution is 2.30. The molecule has 3 rings (SSSR count). The number of rotatable bonds is 3. The standard InChI is InChI=1S/C17H25N3O2S/c1-12-16(11-23-18-12)17(22)19-9-4-7-15(8-10-19)20(13(2)21)14-5-3-6-14/h11,14-15H,3-10H2,1-2H3. The van der Waals surface area contributed by atoms with Gasteiger partial charge in [0, 0.05) is 37.5 Å². The third-order valence-electron chi connectivity index (χ3n) is 5.19. The van der Waals surface area contributed by atoms with Gasteiger partial charge in [0.15, 0.2) is 0 Å². The summed E-state index contributed by atoms with van der Waals surface area (Å²) in [6, 6.07) is 0.723. The molecule has 1 aromatic heterocycles. The summed E-state index contributed by atoms with van der Waals surface area (Å²) in [5.41, 5.74) is 1.55. The maximum Gasteiger partial charge on any atom is 0.256 e. The van der Waals surface area contributed by atoms with Crippen molar-refractivity contribution in [1.29, 1.82) is 0 Å². The molecule has 1 unspecified atom stereocenters. The van der Waals surface area contributed by atoms with Crippen LogP contribution in [0, 0.1) is 6.92 Å². The Labute approximate surface area is 141 Å². The van der Waals surface area contributed by atoms with Gasteiger partial charge in [0.05, 0.1) is 11.3 Å². The number of amides is 2. The third kappa shape index (κ3) is 3.42. The zero-order valence-corrected chi connectivity index (χ0v) is 14.8. The van der Waals surface area contributed by atoms with Crippen molar-refractivity contribution in [2.45, 2.75) is 64.5 Å². The second-order valence-corrected chi connectivity index (χ2v) is 7.33. The molecular weight excluding hydrogens is 310 g/mol. The van der Waals surface area contributed by atoms with Crippen LogP contribution < -0.4 is 0 Å². The Morgan fingerprint density at radius 3 is 2.43 bits per heavy atom. The molecule has 1 saturated heterocycles. The highest BCUT2D eigenvalue weighted by atomic mass is 32.1. The van der Waals surface area contributed by atoms with E-state index in [2.05, 4.69) is 9.27 Å². The van der Waals surface area contributed by atoms with Crippen molar-refractivity contribution in [2.24, 2.45) is 0 Å². The van der Waals surface area contributed by atoms with Crippen LogP contribution in [0.15, 0.2) is 5.38 Å². The molecule has 0 aromatic carbocycles. The van der Waals surface area contributed by atoms with Gasteiger partial charge >= 0.3 is 0 Å². The van der Waals surface area contributed by atoms with E-state index in [1.165, 1.54) is 18.0 Å². The summed E-state index contributed by atoms with van der Waals surface area (Å²) in [7, 11) is 0. The summed E-state index contributed by atoms with van der Waals surface area (Å²) in [5, 5.41) is 1.84. The molecule has 5 nitrogen and oxygen atoms in total. The smallest absolute Gasteiger partial charge is 0.256 e. The lowest BCUT2D eigenvalue weighted by molar-refractivity contribution is -0.136. The minimum absolute atomic E-state index is 0.0925. The molecule has 2 fully saturated rings. The predicted molar refractivity (Wildman–Crippen MR) is 90.6 cm³/mol. The molecule has 2 amide bonds. The number of aromatic nitrogens is 1. The van der Waals surface area contributed by atoms with Crippen LogP contribution in [0.3, 0.4) is 0 Å². The van der Waals surface area contributed by atoms with Crippen molar-refractivity contribution < 1.29 is 9.59 Å². The molecule has 1 aliphatic carbocycles. The minimum atomic E-state index is 0.0925. The predicted octanol–water partition coefficient (Wildman–Crippen LogP) is 2.85. The maximum atomic E-state index is 12.7. The summed E-state index contributed by atoms with van der Waals surface area (Å²) in [5.74, 6) is 0.285. The van der Waals surface area contributed by atoms with Crippen molar-refractivity contribution in [2.75, 3.05) is 13.1 Å². The van der Waals surface area contributed by atoms with E-state index in [0.717, 1.165) is 56.5 Å². The number of nitrogens with zero attached hydrogens (tertiary/aromatic N) is 3. The Kier molecular flexibility index (Phi) is 4.99. The summed E-state index contributed by atoms with van der Waals surface area (Å²) in [4.78, 5) is 28.8. The van der Waals surface area contributed by atoms with Gasteiger partial charge in [0.1, 0.15) is 0 Å². The zero-order chi connectivity index (χ0) is 16.4. The molecule has 0 bridgehead atoms. The van der Waals surface area contributed by atoms with E-state index in [-0.39, 0.29) is 17.9 Å². The van der Waals surface area contributed by atoms with Crippen LogP contribution in [0.2, 0.25) is 0 Å². The number of hydrogen-bond donors (Lipinski definition) is 0. The summed E-state index contributed by atoms with van der Waals surface area (Å²) < 4.78 is 4.21. The van der Waals surface area contributed by atoms with Crippen LogP contribution >= 0.6 is 11.5 Å². The Bertz CT molecular complexity index is 582. The molecule has 6 heteroatoms. The second-order valence-electron chi connectivity index (χ2n) is 6.70.